The molecule has 0 bridgehead atoms. The molecule has 0 aliphatic carbocycles. The minimum absolute atomic E-state index is 0.0382. The van der Waals surface area contributed by atoms with Gasteiger partial charge >= 0.3 is 0 Å². The minimum atomic E-state index is -2.41. The van der Waals surface area contributed by atoms with Gasteiger partial charge in [0.05, 0.1) is 36.7 Å². The zero-order valence-electron chi connectivity index (χ0n) is 18.9. The molecule has 2 aliphatic rings. The SMILES string of the molecule is C[C@@H]1Cc2c(ccc3[nH]ncc23)[C@@H](c2ccc(CC3CN(CCCF)C3)cn2)N1CC(F)F. The number of hydrogen-bond acceptors (Lipinski definition) is 4. The zero-order chi connectivity index (χ0) is 22.9. The number of alkyl halides is 3. The average molecular weight is 458 g/mol. The van der Waals surface area contributed by atoms with E-state index in [9.17, 15) is 13.2 Å². The van der Waals surface area contributed by atoms with Crippen LogP contribution in [0.5, 0.6) is 0 Å². The third kappa shape index (κ3) is 4.51. The Bertz CT molecular complexity index is 1080. The highest BCUT2D eigenvalue weighted by atomic mass is 19.3. The largest absolute Gasteiger partial charge is 0.303 e. The summed E-state index contributed by atoms with van der Waals surface area (Å²) in [5, 5.41) is 8.25. The van der Waals surface area contributed by atoms with Crippen molar-refractivity contribution in [2.75, 3.05) is 32.9 Å². The highest BCUT2D eigenvalue weighted by Crippen LogP contribution is 2.40. The maximum atomic E-state index is 13.5. The second kappa shape index (κ2) is 9.43. The summed E-state index contributed by atoms with van der Waals surface area (Å²) in [6.07, 6.45) is 3.56. The maximum absolute atomic E-state index is 13.5. The van der Waals surface area contributed by atoms with Gasteiger partial charge in [-0.05, 0) is 60.9 Å². The van der Waals surface area contributed by atoms with Crippen LogP contribution in [0.3, 0.4) is 0 Å². The van der Waals surface area contributed by atoms with Crippen LogP contribution in [0, 0.1) is 5.92 Å². The average Bonchev–Trinajstić information content (AvgIpc) is 3.25. The van der Waals surface area contributed by atoms with Gasteiger partial charge in [0.25, 0.3) is 6.43 Å². The fourth-order valence-electron chi connectivity index (χ4n) is 5.52. The van der Waals surface area contributed by atoms with Crippen molar-refractivity contribution in [1.82, 2.24) is 25.0 Å². The van der Waals surface area contributed by atoms with Crippen molar-refractivity contribution < 1.29 is 13.2 Å². The van der Waals surface area contributed by atoms with Gasteiger partial charge in [0.15, 0.2) is 0 Å². The summed E-state index contributed by atoms with van der Waals surface area (Å²) >= 11 is 0. The summed E-state index contributed by atoms with van der Waals surface area (Å²) in [6.45, 7) is 4.29. The van der Waals surface area contributed by atoms with E-state index in [4.69, 9.17) is 4.98 Å². The lowest BCUT2D eigenvalue weighted by atomic mass is 9.85. The van der Waals surface area contributed by atoms with Gasteiger partial charge in [-0.25, -0.2) is 8.78 Å². The Morgan fingerprint density at radius 3 is 2.73 bits per heavy atom. The Balaban J connectivity index is 1.39. The lowest BCUT2D eigenvalue weighted by molar-refractivity contribution is 0.0455. The highest BCUT2D eigenvalue weighted by Gasteiger charge is 2.36. The van der Waals surface area contributed by atoms with Crippen molar-refractivity contribution in [3.8, 4) is 0 Å². The van der Waals surface area contributed by atoms with E-state index in [1.54, 1.807) is 0 Å². The third-order valence-electron chi connectivity index (χ3n) is 7.11. The number of nitrogens with one attached hydrogen (secondary N) is 1. The molecule has 5 nitrogen and oxygen atoms in total. The van der Waals surface area contributed by atoms with Crippen LogP contribution in [-0.2, 0) is 12.8 Å². The molecule has 0 amide bonds. The van der Waals surface area contributed by atoms with E-state index >= 15 is 0 Å². The van der Waals surface area contributed by atoms with Crippen LogP contribution in [-0.4, -0.2) is 70.3 Å². The molecule has 3 aromatic rings. The predicted octanol–water partition coefficient (Wildman–Crippen LogP) is 4.39. The van der Waals surface area contributed by atoms with Crippen molar-refractivity contribution >= 4 is 10.9 Å². The van der Waals surface area contributed by atoms with Crippen molar-refractivity contribution in [3.05, 3.63) is 59.0 Å². The molecule has 33 heavy (non-hydrogen) atoms. The molecule has 0 radical (unpaired) electrons. The quantitative estimate of drug-likeness (QED) is 0.545. The first kappa shape index (κ1) is 22.3. The molecule has 1 N–H and O–H groups in total. The maximum Gasteiger partial charge on any atom is 0.251 e. The highest BCUT2D eigenvalue weighted by molar-refractivity contribution is 5.83. The second-order valence-electron chi connectivity index (χ2n) is 9.47. The van der Waals surface area contributed by atoms with E-state index in [0.717, 1.165) is 59.3 Å². The van der Waals surface area contributed by atoms with Gasteiger partial charge in [0.1, 0.15) is 0 Å². The monoisotopic (exact) mass is 457 g/mol. The van der Waals surface area contributed by atoms with Gasteiger partial charge in [0, 0.05) is 37.3 Å². The van der Waals surface area contributed by atoms with E-state index in [-0.39, 0.29) is 25.3 Å². The number of benzene rings is 1. The summed E-state index contributed by atoms with van der Waals surface area (Å²) in [7, 11) is 0. The molecule has 0 unspecified atom stereocenters. The summed E-state index contributed by atoms with van der Waals surface area (Å²) < 4.78 is 39.4. The summed E-state index contributed by atoms with van der Waals surface area (Å²) in [6, 6.07) is 7.74. The van der Waals surface area contributed by atoms with Crippen LogP contribution < -0.4 is 0 Å². The molecule has 8 heteroatoms. The number of aromatic amines is 1. The van der Waals surface area contributed by atoms with E-state index in [1.165, 1.54) is 0 Å². The normalized spacial score (nSPS) is 22.1. The van der Waals surface area contributed by atoms with Crippen LogP contribution in [0.2, 0.25) is 0 Å². The number of nitrogens with zero attached hydrogens (tertiary/aromatic N) is 4. The molecule has 4 heterocycles. The Labute approximate surface area is 192 Å². The zero-order valence-corrected chi connectivity index (χ0v) is 18.9. The predicted molar refractivity (Wildman–Crippen MR) is 122 cm³/mol. The lowest BCUT2D eigenvalue weighted by Gasteiger charge is -2.42. The standard InChI is InChI=1S/C25H30F3N5/c1-16-9-20-19(4-6-22-21(20)12-30-31-22)25(33(16)15-24(27)28)23-5-3-17(11-29-23)10-18-13-32(14-18)8-2-7-26/h3-6,11-12,16,18,24-25H,2,7-10,13-15H2,1H3,(H,30,31)/t16-,25+/m1/s1. The fraction of sp³-hybridized carbons (Fsp3) is 0.520. The Morgan fingerprint density at radius 2 is 2.00 bits per heavy atom. The fourth-order valence-corrected chi connectivity index (χ4v) is 5.52. The molecule has 2 atom stereocenters. The Kier molecular flexibility index (Phi) is 6.38. The lowest BCUT2D eigenvalue weighted by Crippen LogP contribution is -2.47. The smallest absolute Gasteiger partial charge is 0.251 e. The second-order valence-corrected chi connectivity index (χ2v) is 9.47. The Morgan fingerprint density at radius 1 is 1.15 bits per heavy atom. The molecule has 176 valence electrons. The summed E-state index contributed by atoms with van der Waals surface area (Å²) in [5.74, 6) is 0.567. The van der Waals surface area contributed by atoms with Crippen LogP contribution in [0.4, 0.5) is 13.2 Å². The first-order valence-corrected chi connectivity index (χ1v) is 11.8. The molecular formula is C25H30F3N5. The molecule has 2 aliphatic heterocycles. The number of likely N-dealkylation sites (tertiary alicyclic amines) is 1. The number of rotatable bonds is 8. The van der Waals surface area contributed by atoms with Crippen molar-refractivity contribution in [2.45, 2.75) is 44.7 Å². The molecule has 1 aromatic carbocycles. The van der Waals surface area contributed by atoms with Crippen LogP contribution in [0.15, 0.2) is 36.7 Å². The molecule has 0 spiro atoms. The van der Waals surface area contributed by atoms with Gasteiger partial charge in [-0.1, -0.05) is 12.1 Å². The summed E-state index contributed by atoms with van der Waals surface area (Å²) in [5.41, 5.74) is 5.12. The third-order valence-corrected chi connectivity index (χ3v) is 7.11. The van der Waals surface area contributed by atoms with Gasteiger partial charge < -0.3 is 4.90 Å². The number of halogens is 3. The summed E-state index contributed by atoms with van der Waals surface area (Å²) in [4.78, 5) is 8.94. The number of H-pyrrole nitrogens is 1. The van der Waals surface area contributed by atoms with E-state index in [1.807, 2.05) is 42.4 Å². The van der Waals surface area contributed by atoms with Crippen LogP contribution in [0.25, 0.3) is 10.9 Å². The molecule has 1 fully saturated rings. The van der Waals surface area contributed by atoms with Gasteiger partial charge in [-0.3, -0.25) is 19.4 Å². The van der Waals surface area contributed by atoms with E-state index < -0.39 is 6.43 Å². The first-order valence-electron chi connectivity index (χ1n) is 11.8. The number of pyridine rings is 1. The van der Waals surface area contributed by atoms with E-state index in [2.05, 4.69) is 21.2 Å². The van der Waals surface area contributed by atoms with Crippen molar-refractivity contribution in [1.29, 1.82) is 0 Å². The molecule has 2 aromatic heterocycles. The van der Waals surface area contributed by atoms with E-state index in [0.29, 0.717) is 18.8 Å². The first-order chi connectivity index (χ1) is 16.0. The van der Waals surface area contributed by atoms with Crippen molar-refractivity contribution in [2.24, 2.45) is 5.92 Å². The van der Waals surface area contributed by atoms with Gasteiger partial charge in [0.2, 0.25) is 0 Å². The van der Waals surface area contributed by atoms with Crippen LogP contribution in [0.1, 0.15) is 41.8 Å². The number of aromatic nitrogens is 3. The topological polar surface area (TPSA) is 48.1 Å². The molecule has 1 saturated heterocycles. The van der Waals surface area contributed by atoms with Gasteiger partial charge in [-0.15, -0.1) is 0 Å². The van der Waals surface area contributed by atoms with Crippen LogP contribution >= 0.6 is 0 Å². The Hall–Kier alpha value is -2.45. The molecule has 0 saturated carbocycles. The number of hydrogen-bond donors (Lipinski definition) is 1. The number of fused-ring (bicyclic) bond motifs is 3. The molecule has 5 rings (SSSR count). The van der Waals surface area contributed by atoms with Crippen molar-refractivity contribution in [3.63, 3.8) is 0 Å². The van der Waals surface area contributed by atoms with Gasteiger partial charge in [-0.2, -0.15) is 5.10 Å². The molecular weight excluding hydrogens is 427 g/mol. The minimum Gasteiger partial charge on any atom is -0.303 e.